The van der Waals surface area contributed by atoms with Crippen LogP contribution in [-0.2, 0) is 17.8 Å². The number of carbonyl (C=O) groups excluding carboxylic acids is 1. The lowest BCUT2D eigenvalue weighted by Gasteiger charge is -2.34. The van der Waals surface area contributed by atoms with Crippen molar-refractivity contribution < 1.29 is 14.7 Å². The molecule has 0 aromatic heterocycles. The van der Waals surface area contributed by atoms with Gasteiger partial charge >= 0.3 is 12.0 Å². The fourth-order valence-electron chi connectivity index (χ4n) is 2.96. The van der Waals surface area contributed by atoms with Crippen LogP contribution in [0.5, 0.6) is 0 Å². The first-order valence-electron chi connectivity index (χ1n) is 7.40. The van der Waals surface area contributed by atoms with Crippen molar-refractivity contribution in [1.29, 1.82) is 0 Å². The molecule has 3 rings (SSSR count). The summed E-state index contributed by atoms with van der Waals surface area (Å²) in [5.41, 5.74) is 2.05. The Morgan fingerprint density at radius 2 is 2.00 bits per heavy atom. The summed E-state index contributed by atoms with van der Waals surface area (Å²) in [6.07, 6.45) is 1.52. The van der Waals surface area contributed by atoms with Crippen LogP contribution >= 0.6 is 0 Å². The van der Waals surface area contributed by atoms with Crippen molar-refractivity contribution >= 4 is 12.0 Å². The van der Waals surface area contributed by atoms with E-state index in [-0.39, 0.29) is 6.03 Å². The Kier molecular flexibility index (Phi) is 3.57. The van der Waals surface area contributed by atoms with E-state index in [1.54, 1.807) is 0 Å². The third kappa shape index (κ3) is 2.86. The molecule has 2 aliphatic rings. The quantitative estimate of drug-likeness (QED) is 0.892. The Morgan fingerprint density at radius 3 is 2.62 bits per heavy atom. The predicted molar refractivity (Wildman–Crippen MR) is 77.8 cm³/mol. The molecule has 1 aliphatic heterocycles. The van der Waals surface area contributed by atoms with Gasteiger partial charge in [-0.2, -0.15) is 0 Å². The minimum Gasteiger partial charge on any atom is -0.480 e. The molecule has 112 valence electrons. The molecule has 2 unspecified atom stereocenters. The highest BCUT2D eigenvalue weighted by molar-refractivity contribution is 5.83. The maximum Gasteiger partial charge on any atom is 0.326 e. The number of aliphatic carboxylic acids is 1. The summed E-state index contributed by atoms with van der Waals surface area (Å²) >= 11 is 0. The van der Waals surface area contributed by atoms with E-state index in [1.165, 1.54) is 4.90 Å². The topological polar surface area (TPSA) is 69.6 Å². The first-order valence-corrected chi connectivity index (χ1v) is 7.40. The first kappa shape index (κ1) is 13.9. The molecule has 1 aromatic rings. The molecule has 3 atom stereocenters. The number of nitrogens with one attached hydrogen (secondary N) is 1. The minimum absolute atomic E-state index is 0.268. The van der Waals surface area contributed by atoms with Crippen molar-refractivity contribution in [2.75, 3.05) is 6.54 Å². The maximum absolute atomic E-state index is 12.3. The van der Waals surface area contributed by atoms with Crippen LogP contribution in [0.15, 0.2) is 24.3 Å². The molecule has 5 nitrogen and oxygen atoms in total. The van der Waals surface area contributed by atoms with Crippen LogP contribution in [0.1, 0.15) is 24.5 Å². The van der Waals surface area contributed by atoms with Crippen LogP contribution in [0.4, 0.5) is 4.79 Å². The molecule has 2 N–H and O–H groups in total. The van der Waals surface area contributed by atoms with Crippen molar-refractivity contribution in [2.24, 2.45) is 11.8 Å². The highest BCUT2D eigenvalue weighted by Crippen LogP contribution is 2.36. The van der Waals surface area contributed by atoms with Crippen molar-refractivity contribution in [1.82, 2.24) is 10.2 Å². The monoisotopic (exact) mass is 288 g/mol. The molecule has 1 aliphatic carbocycles. The van der Waals surface area contributed by atoms with Gasteiger partial charge in [0.2, 0.25) is 0 Å². The molecule has 21 heavy (non-hydrogen) atoms. The molecule has 0 saturated heterocycles. The van der Waals surface area contributed by atoms with Gasteiger partial charge in [-0.3, -0.25) is 0 Å². The zero-order chi connectivity index (χ0) is 15.0. The summed E-state index contributed by atoms with van der Waals surface area (Å²) in [5, 5.41) is 12.3. The van der Waals surface area contributed by atoms with Crippen molar-refractivity contribution in [3.8, 4) is 0 Å². The van der Waals surface area contributed by atoms with Gasteiger partial charge in [0.1, 0.15) is 6.04 Å². The number of urea groups is 1. The highest BCUT2D eigenvalue weighted by atomic mass is 16.4. The van der Waals surface area contributed by atoms with Gasteiger partial charge in [0, 0.05) is 19.5 Å². The Hall–Kier alpha value is -2.04. The van der Waals surface area contributed by atoms with Crippen LogP contribution in [0, 0.1) is 11.8 Å². The minimum atomic E-state index is -0.945. The van der Waals surface area contributed by atoms with Gasteiger partial charge < -0.3 is 15.3 Å². The molecule has 0 radical (unpaired) electrons. The molecule has 0 bridgehead atoms. The first-order chi connectivity index (χ1) is 10.1. The van der Waals surface area contributed by atoms with Gasteiger partial charge in [0.15, 0.2) is 0 Å². The molecule has 5 heteroatoms. The summed E-state index contributed by atoms with van der Waals surface area (Å²) in [6, 6.07) is 6.67. The molecular weight excluding hydrogens is 268 g/mol. The second-order valence-electron chi connectivity index (χ2n) is 6.11. The molecule has 0 spiro atoms. The van der Waals surface area contributed by atoms with Gasteiger partial charge in [-0.05, 0) is 29.4 Å². The fraction of sp³-hybridized carbons (Fsp3) is 0.500. The summed E-state index contributed by atoms with van der Waals surface area (Å²) in [7, 11) is 0. The van der Waals surface area contributed by atoms with Crippen LogP contribution < -0.4 is 5.32 Å². The van der Waals surface area contributed by atoms with Crippen LogP contribution in [-0.4, -0.2) is 34.6 Å². The van der Waals surface area contributed by atoms with Gasteiger partial charge in [0.05, 0.1) is 0 Å². The molecule has 1 heterocycles. The lowest BCUT2D eigenvalue weighted by Crippen LogP contribution is -2.52. The summed E-state index contributed by atoms with van der Waals surface area (Å²) in [6.45, 7) is 3.16. The molecular formula is C16H20N2O3. The van der Waals surface area contributed by atoms with E-state index in [1.807, 2.05) is 24.3 Å². The van der Waals surface area contributed by atoms with Crippen molar-refractivity contribution in [3.63, 3.8) is 0 Å². The van der Waals surface area contributed by atoms with E-state index in [0.29, 0.717) is 31.3 Å². The molecule has 1 aromatic carbocycles. The smallest absolute Gasteiger partial charge is 0.326 e. The Bertz CT molecular complexity index is 572. The average Bonchev–Trinajstić information content (AvgIpc) is 3.19. The lowest BCUT2D eigenvalue weighted by molar-refractivity contribution is -0.142. The summed E-state index contributed by atoms with van der Waals surface area (Å²) < 4.78 is 0. The number of amides is 2. The second-order valence-corrected chi connectivity index (χ2v) is 6.11. The van der Waals surface area contributed by atoms with E-state index in [9.17, 15) is 14.7 Å². The molecule has 2 amide bonds. The Balaban J connectivity index is 1.72. The van der Waals surface area contributed by atoms with Crippen LogP contribution in [0.25, 0.3) is 0 Å². The molecule has 1 fully saturated rings. The SMILES string of the molecule is CC1CC1CNC(=O)N1Cc2ccccc2C[C@H]1C(=O)O. The number of hydrogen-bond acceptors (Lipinski definition) is 2. The highest BCUT2D eigenvalue weighted by Gasteiger charge is 2.36. The van der Waals surface area contributed by atoms with Crippen LogP contribution in [0.2, 0.25) is 0 Å². The second kappa shape index (κ2) is 5.39. The van der Waals surface area contributed by atoms with Crippen molar-refractivity contribution in [3.05, 3.63) is 35.4 Å². The number of carboxylic acid groups (broad SMARTS) is 1. The normalized spacial score (nSPS) is 26.9. The zero-order valence-corrected chi connectivity index (χ0v) is 12.1. The van der Waals surface area contributed by atoms with Gasteiger partial charge in [0.25, 0.3) is 0 Å². The third-order valence-corrected chi connectivity index (χ3v) is 4.59. The van der Waals surface area contributed by atoms with Gasteiger partial charge in [-0.1, -0.05) is 31.2 Å². The van der Waals surface area contributed by atoms with E-state index in [4.69, 9.17) is 0 Å². The number of hydrogen-bond donors (Lipinski definition) is 2. The maximum atomic E-state index is 12.3. The number of carboxylic acids is 1. The van der Waals surface area contributed by atoms with Crippen LogP contribution in [0.3, 0.4) is 0 Å². The number of benzene rings is 1. The summed E-state index contributed by atoms with van der Waals surface area (Å²) in [4.78, 5) is 25.2. The number of carbonyl (C=O) groups is 2. The van der Waals surface area contributed by atoms with E-state index in [2.05, 4.69) is 12.2 Å². The fourth-order valence-corrected chi connectivity index (χ4v) is 2.96. The summed E-state index contributed by atoms with van der Waals surface area (Å²) in [5.74, 6) is 0.274. The van der Waals surface area contributed by atoms with E-state index < -0.39 is 12.0 Å². The lowest BCUT2D eigenvalue weighted by atomic mass is 9.94. The molecule has 1 saturated carbocycles. The van der Waals surface area contributed by atoms with Gasteiger partial charge in [-0.25, -0.2) is 9.59 Å². The third-order valence-electron chi connectivity index (χ3n) is 4.59. The van der Waals surface area contributed by atoms with E-state index >= 15 is 0 Å². The Labute approximate surface area is 123 Å². The number of rotatable bonds is 3. The number of nitrogens with zero attached hydrogens (tertiary/aromatic N) is 1. The predicted octanol–water partition coefficient (Wildman–Crippen LogP) is 1.86. The average molecular weight is 288 g/mol. The standard InChI is InChI=1S/C16H20N2O3/c1-10-6-13(10)8-17-16(21)18-9-12-5-3-2-4-11(12)7-14(18)15(19)20/h2-5,10,13-14H,6-9H2,1H3,(H,17,21)(H,19,20)/t10?,13?,14-/m0/s1. The zero-order valence-electron chi connectivity index (χ0n) is 12.1. The number of fused-ring (bicyclic) bond motifs is 1. The van der Waals surface area contributed by atoms with Crippen molar-refractivity contribution in [2.45, 2.75) is 32.4 Å². The van der Waals surface area contributed by atoms with E-state index in [0.717, 1.165) is 17.5 Å². The van der Waals surface area contributed by atoms with Gasteiger partial charge in [-0.15, -0.1) is 0 Å². The largest absolute Gasteiger partial charge is 0.480 e. The Morgan fingerprint density at radius 1 is 1.33 bits per heavy atom.